The molecule has 0 bridgehead atoms. The molecule has 0 saturated heterocycles. The monoisotopic (exact) mass is 247 g/mol. The van der Waals surface area contributed by atoms with Gasteiger partial charge < -0.3 is 10.9 Å². The number of anilines is 1. The quantitative estimate of drug-likeness (QED) is 0.309. The van der Waals surface area contributed by atoms with Crippen LogP contribution in [0.2, 0.25) is 0 Å². The van der Waals surface area contributed by atoms with Crippen molar-refractivity contribution in [1.29, 1.82) is 0 Å². The molecule has 88 valence electrons. The van der Waals surface area contributed by atoms with Gasteiger partial charge in [-0.05, 0) is 12.1 Å². The molecule has 4 N–H and O–H groups in total. The Morgan fingerprint density at radius 1 is 1.56 bits per heavy atom. The topological polar surface area (TPSA) is 105 Å². The van der Waals surface area contributed by atoms with Crippen molar-refractivity contribution in [2.24, 2.45) is 10.9 Å². The predicted octanol–water partition coefficient (Wildman–Crippen LogP) is 0.292. The summed E-state index contributed by atoms with van der Waals surface area (Å²) in [7, 11) is -3.57. The smallest absolute Gasteiger partial charge is 0.229 e. The van der Waals surface area contributed by atoms with Gasteiger partial charge in [0.25, 0.3) is 0 Å². The first kappa shape index (κ1) is 12.2. The van der Waals surface area contributed by atoms with E-state index in [1.807, 2.05) is 0 Å². The third kappa shape index (κ3) is 2.83. The number of sulfonamides is 1. The van der Waals surface area contributed by atoms with E-state index in [-0.39, 0.29) is 11.3 Å². The van der Waals surface area contributed by atoms with Crippen LogP contribution in [0.5, 0.6) is 0 Å². The summed E-state index contributed by atoms with van der Waals surface area (Å²) in [5, 5.41) is 11.1. The van der Waals surface area contributed by atoms with Crippen molar-refractivity contribution in [3.8, 4) is 0 Å². The molecule has 0 saturated carbocycles. The van der Waals surface area contributed by atoms with E-state index in [0.717, 1.165) is 12.3 Å². The van der Waals surface area contributed by atoms with Crippen LogP contribution in [-0.4, -0.2) is 25.7 Å². The molecule has 6 nitrogen and oxygen atoms in total. The maximum Gasteiger partial charge on any atom is 0.229 e. The van der Waals surface area contributed by atoms with Gasteiger partial charge in [0.05, 0.1) is 17.5 Å². The average Bonchev–Trinajstić information content (AvgIpc) is 2.14. The van der Waals surface area contributed by atoms with Crippen LogP contribution in [0.15, 0.2) is 23.4 Å². The Morgan fingerprint density at radius 2 is 2.19 bits per heavy atom. The normalized spacial score (nSPS) is 12.5. The molecule has 8 heteroatoms. The highest BCUT2D eigenvalue weighted by molar-refractivity contribution is 7.92. The van der Waals surface area contributed by atoms with Gasteiger partial charge in [0.15, 0.2) is 5.84 Å². The van der Waals surface area contributed by atoms with E-state index in [4.69, 9.17) is 10.9 Å². The van der Waals surface area contributed by atoms with Crippen molar-refractivity contribution in [2.45, 2.75) is 0 Å². The lowest BCUT2D eigenvalue weighted by Crippen LogP contribution is -2.20. The first-order chi connectivity index (χ1) is 7.35. The molecule has 0 fully saturated rings. The summed E-state index contributed by atoms with van der Waals surface area (Å²) in [5.74, 6) is -1.30. The number of rotatable bonds is 3. The van der Waals surface area contributed by atoms with E-state index in [1.165, 1.54) is 12.1 Å². The molecule has 0 aromatic heterocycles. The fraction of sp³-hybridized carbons (Fsp3) is 0.125. The number of oxime groups is 1. The van der Waals surface area contributed by atoms with Gasteiger partial charge >= 0.3 is 0 Å². The van der Waals surface area contributed by atoms with Crippen LogP contribution < -0.4 is 10.5 Å². The largest absolute Gasteiger partial charge is 0.409 e. The zero-order chi connectivity index (χ0) is 12.3. The minimum atomic E-state index is -3.57. The molecule has 0 aliphatic heterocycles. The van der Waals surface area contributed by atoms with Gasteiger partial charge in [0.1, 0.15) is 5.82 Å². The van der Waals surface area contributed by atoms with Gasteiger partial charge in [-0.2, -0.15) is 0 Å². The Hall–Kier alpha value is -1.83. The zero-order valence-corrected chi connectivity index (χ0v) is 9.12. The molecule has 0 spiro atoms. The molecule has 0 heterocycles. The van der Waals surface area contributed by atoms with E-state index < -0.39 is 21.7 Å². The van der Waals surface area contributed by atoms with E-state index >= 15 is 0 Å². The average molecular weight is 247 g/mol. The van der Waals surface area contributed by atoms with Crippen LogP contribution in [0.3, 0.4) is 0 Å². The van der Waals surface area contributed by atoms with Crippen molar-refractivity contribution in [2.75, 3.05) is 11.0 Å². The minimum absolute atomic E-state index is 0.0854. The van der Waals surface area contributed by atoms with E-state index in [2.05, 4.69) is 9.88 Å². The molecule has 0 amide bonds. The van der Waals surface area contributed by atoms with Crippen molar-refractivity contribution < 1.29 is 18.0 Å². The molecule has 16 heavy (non-hydrogen) atoms. The zero-order valence-electron chi connectivity index (χ0n) is 8.31. The van der Waals surface area contributed by atoms with E-state index in [0.29, 0.717) is 0 Å². The number of halogens is 1. The number of nitrogens with two attached hydrogens (primary N) is 1. The second kappa shape index (κ2) is 4.35. The number of hydrogen-bond donors (Lipinski definition) is 3. The number of nitrogens with zero attached hydrogens (tertiary/aromatic N) is 1. The molecule has 1 aromatic rings. The Morgan fingerprint density at radius 3 is 2.69 bits per heavy atom. The van der Waals surface area contributed by atoms with Crippen molar-refractivity contribution in [1.82, 2.24) is 0 Å². The van der Waals surface area contributed by atoms with Gasteiger partial charge in [-0.15, -0.1) is 0 Å². The van der Waals surface area contributed by atoms with Crippen molar-refractivity contribution >= 4 is 21.5 Å². The Bertz CT molecular complexity index is 527. The molecule has 0 atom stereocenters. The summed E-state index contributed by atoms with van der Waals surface area (Å²) >= 11 is 0. The molecular weight excluding hydrogens is 237 g/mol. The standard InChI is InChI=1S/C8H10FN3O3S/c1-16(14,15)12-6-4-2-3-5(9)7(6)8(10)11-13/h2-4,12-13H,1H3,(H2,10,11). The van der Waals surface area contributed by atoms with Gasteiger partial charge in [-0.25, -0.2) is 12.8 Å². The summed E-state index contributed by atoms with van der Waals surface area (Å²) in [5.41, 5.74) is 4.86. The summed E-state index contributed by atoms with van der Waals surface area (Å²) in [6.45, 7) is 0. The van der Waals surface area contributed by atoms with Crippen molar-refractivity contribution in [3.63, 3.8) is 0 Å². The SMILES string of the molecule is CS(=O)(=O)Nc1cccc(F)c1/C(N)=N/O. The summed E-state index contributed by atoms with van der Waals surface area (Å²) in [4.78, 5) is 0. The van der Waals surface area contributed by atoms with Crippen LogP contribution in [0.25, 0.3) is 0 Å². The predicted molar refractivity (Wildman–Crippen MR) is 57.4 cm³/mol. The summed E-state index contributed by atoms with van der Waals surface area (Å²) in [6.07, 6.45) is 0.911. The molecule has 0 radical (unpaired) electrons. The van der Waals surface area contributed by atoms with Crippen LogP contribution in [-0.2, 0) is 10.0 Å². The molecule has 0 unspecified atom stereocenters. The maximum absolute atomic E-state index is 13.4. The highest BCUT2D eigenvalue weighted by Crippen LogP contribution is 2.19. The Kier molecular flexibility index (Phi) is 3.33. The third-order valence-electron chi connectivity index (χ3n) is 1.67. The summed E-state index contributed by atoms with van der Waals surface area (Å²) in [6, 6.07) is 3.68. The lowest BCUT2D eigenvalue weighted by molar-refractivity contribution is 0.318. The van der Waals surface area contributed by atoms with Crippen molar-refractivity contribution in [3.05, 3.63) is 29.6 Å². The fourth-order valence-electron chi connectivity index (χ4n) is 1.12. The van der Waals surface area contributed by atoms with Gasteiger partial charge in [0.2, 0.25) is 10.0 Å². The van der Waals surface area contributed by atoms with Gasteiger partial charge in [0, 0.05) is 0 Å². The second-order valence-corrected chi connectivity index (χ2v) is 4.77. The summed E-state index contributed by atoms with van der Waals surface area (Å²) < 4.78 is 37.4. The first-order valence-electron chi connectivity index (χ1n) is 4.09. The fourth-order valence-corrected chi connectivity index (χ4v) is 1.69. The van der Waals surface area contributed by atoms with Crippen LogP contribution in [0.1, 0.15) is 5.56 Å². The number of hydrogen-bond acceptors (Lipinski definition) is 4. The molecule has 1 rings (SSSR count). The second-order valence-electron chi connectivity index (χ2n) is 3.02. The Balaban J connectivity index is 3.35. The highest BCUT2D eigenvalue weighted by Gasteiger charge is 2.15. The first-order valence-corrected chi connectivity index (χ1v) is 5.98. The number of nitrogens with one attached hydrogen (secondary N) is 1. The molecule has 1 aromatic carbocycles. The minimum Gasteiger partial charge on any atom is -0.409 e. The lowest BCUT2D eigenvalue weighted by Gasteiger charge is -2.09. The molecule has 0 aliphatic carbocycles. The highest BCUT2D eigenvalue weighted by atomic mass is 32.2. The maximum atomic E-state index is 13.4. The van der Waals surface area contributed by atoms with Gasteiger partial charge in [-0.3, -0.25) is 4.72 Å². The Labute approximate surface area is 91.6 Å². The van der Waals surface area contributed by atoms with Gasteiger partial charge in [-0.1, -0.05) is 11.2 Å². The van der Waals surface area contributed by atoms with E-state index in [1.54, 1.807) is 0 Å². The van der Waals surface area contributed by atoms with E-state index in [9.17, 15) is 12.8 Å². The third-order valence-corrected chi connectivity index (χ3v) is 2.26. The molecular formula is C8H10FN3O3S. The van der Waals surface area contributed by atoms with Crippen LogP contribution in [0, 0.1) is 5.82 Å². The number of amidine groups is 1. The number of benzene rings is 1. The van der Waals surface area contributed by atoms with Crippen LogP contribution in [0.4, 0.5) is 10.1 Å². The lowest BCUT2D eigenvalue weighted by atomic mass is 10.1. The molecule has 0 aliphatic rings. The van der Waals surface area contributed by atoms with Crippen LogP contribution >= 0.6 is 0 Å².